The van der Waals surface area contributed by atoms with Gasteiger partial charge in [0.2, 0.25) is 5.91 Å². The Labute approximate surface area is 136 Å². The minimum atomic E-state index is -0.215. The highest BCUT2D eigenvalue weighted by Gasteiger charge is 2.25. The van der Waals surface area contributed by atoms with E-state index in [2.05, 4.69) is 5.32 Å². The van der Waals surface area contributed by atoms with Gasteiger partial charge >= 0.3 is 0 Å². The van der Waals surface area contributed by atoms with E-state index in [4.69, 9.17) is 23.2 Å². The van der Waals surface area contributed by atoms with Gasteiger partial charge in [0.1, 0.15) is 0 Å². The molecule has 0 saturated carbocycles. The van der Waals surface area contributed by atoms with Gasteiger partial charge in [0, 0.05) is 28.4 Å². The maximum absolute atomic E-state index is 11.9. The van der Waals surface area contributed by atoms with Crippen molar-refractivity contribution in [1.29, 1.82) is 0 Å². The molecule has 1 amide bonds. The van der Waals surface area contributed by atoms with E-state index in [1.807, 2.05) is 19.9 Å². The molecular formula is C16H23Cl2NO2. The molecule has 0 atom stereocenters. The summed E-state index contributed by atoms with van der Waals surface area (Å²) in [4.78, 5) is 11.9. The van der Waals surface area contributed by atoms with Crippen LogP contribution in [0.2, 0.25) is 10.0 Å². The van der Waals surface area contributed by atoms with Crippen LogP contribution in [0.3, 0.4) is 0 Å². The van der Waals surface area contributed by atoms with Gasteiger partial charge < -0.3 is 10.4 Å². The van der Waals surface area contributed by atoms with Gasteiger partial charge in [0.15, 0.2) is 0 Å². The summed E-state index contributed by atoms with van der Waals surface area (Å²) in [5.41, 5.74) is 0.698. The van der Waals surface area contributed by atoms with Gasteiger partial charge in [-0.3, -0.25) is 4.79 Å². The van der Waals surface area contributed by atoms with E-state index in [-0.39, 0.29) is 17.9 Å². The number of carbonyl (C=O) groups is 1. The summed E-state index contributed by atoms with van der Waals surface area (Å²) in [5, 5.41) is 13.6. The van der Waals surface area contributed by atoms with Gasteiger partial charge in [0.25, 0.3) is 0 Å². The van der Waals surface area contributed by atoms with Crippen molar-refractivity contribution in [3.8, 4) is 0 Å². The second-order valence-electron chi connectivity index (χ2n) is 5.38. The molecule has 2 N–H and O–H groups in total. The van der Waals surface area contributed by atoms with E-state index >= 15 is 0 Å². The van der Waals surface area contributed by atoms with Crippen molar-refractivity contribution in [1.82, 2.24) is 5.32 Å². The first-order chi connectivity index (χ1) is 9.96. The van der Waals surface area contributed by atoms with Crippen molar-refractivity contribution in [3.05, 3.63) is 33.8 Å². The van der Waals surface area contributed by atoms with Crippen LogP contribution in [0.5, 0.6) is 0 Å². The molecule has 118 valence electrons. The van der Waals surface area contributed by atoms with Crippen molar-refractivity contribution in [2.24, 2.45) is 5.41 Å². The van der Waals surface area contributed by atoms with Gasteiger partial charge in [-0.15, -0.1) is 0 Å². The van der Waals surface area contributed by atoms with Crippen LogP contribution in [-0.4, -0.2) is 24.2 Å². The van der Waals surface area contributed by atoms with Crippen LogP contribution >= 0.6 is 23.2 Å². The quantitative estimate of drug-likeness (QED) is 0.760. The molecule has 0 aliphatic heterocycles. The highest BCUT2D eigenvalue weighted by molar-refractivity contribution is 6.35. The first-order valence-corrected chi connectivity index (χ1v) is 8.03. The van der Waals surface area contributed by atoms with Crippen molar-refractivity contribution < 1.29 is 9.90 Å². The lowest BCUT2D eigenvalue weighted by Crippen LogP contribution is -2.39. The lowest BCUT2D eigenvalue weighted by atomic mass is 9.83. The number of rotatable bonds is 8. The SMILES string of the molecule is CCC(CC)(CO)CNC(=O)CCc1ccc(Cl)cc1Cl. The van der Waals surface area contributed by atoms with E-state index in [1.54, 1.807) is 12.1 Å². The Hall–Kier alpha value is -0.770. The smallest absolute Gasteiger partial charge is 0.220 e. The predicted octanol–water partition coefficient (Wildman–Crippen LogP) is 3.84. The summed E-state index contributed by atoms with van der Waals surface area (Å²) in [6.45, 7) is 4.64. The molecular weight excluding hydrogens is 309 g/mol. The van der Waals surface area contributed by atoms with Crippen molar-refractivity contribution in [3.63, 3.8) is 0 Å². The minimum absolute atomic E-state index is 0.0271. The van der Waals surface area contributed by atoms with Crippen LogP contribution in [-0.2, 0) is 11.2 Å². The third kappa shape index (κ3) is 5.50. The summed E-state index contributed by atoms with van der Waals surface area (Å²) in [7, 11) is 0. The predicted molar refractivity (Wildman–Crippen MR) is 87.9 cm³/mol. The highest BCUT2D eigenvalue weighted by atomic mass is 35.5. The van der Waals surface area contributed by atoms with Crippen molar-refractivity contribution in [2.75, 3.05) is 13.2 Å². The molecule has 1 aromatic carbocycles. The lowest BCUT2D eigenvalue weighted by Gasteiger charge is -2.29. The van der Waals surface area contributed by atoms with Crippen LogP contribution in [0, 0.1) is 5.41 Å². The topological polar surface area (TPSA) is 49.3 Å². The largest absolute Gasteiger partial charge is 0.396 e. The summed E-state index contributed by atoms with van der Waals surface area (Å²) in [6, 6.07) is 5.29. The lowest BCUT2D eigenvalue weighted by molar-refractivity contribution is -0.121. The summed E-state index contributed by atoms with van der Waals surface area (Å²) in [5.74, 6) is -0.0271. The standard InChI is InChI=1S/C16H23Cl2NO2/c1-3-16(4-2,11-20)10-19-15(21)8-6-12-5-7-13(17)9-14(12)18/h5,7,9,20H,3-4,6,8,10-11H2,1-2H3,(H,19,21). The average Bonchev–Trinajstić information content (AvgIpc) is 2.48. The van der Waals surface area contributed by atoms with Gasteiger partial charge in [0.05, 0.1) is 6.61 Å². The molecule has 0 fully saturated rings. The number of benzene rings is 1. The fourth-order valence-electron chi connectivity index (χ4n) is 2.13. The zero-order valence-corrected chi connectivity index (χ0v) is 14.1. The fraction of sp³-hybridized carbons (Fsp3) is 0.562. The molecule has 0 heterocycles. The average molecular weight is 332 g/mol. The fourth-order valence-corrected chi connectivity index (χ4v) is 2.63. The number of hydrogen-bond acceptors (Lipinski definition) is 2. The molecule has 0 saturated heterocycles. The Morgan fingerprint density at radius 3 is 2.48 bits per heavy atom. The Bertz CT molecular complexity index is 465. The van der Waals surface area contributed by atoms with Crippen LogP contribution in [0.4, 0.5) is 0 Å². The molecule has 0 aliphatic carbocycles. The van der Waals surface area contributed by atoms with E-state index in [9.17, 15) is 9.90 Å². The molecule has 1 aromatic rings. The monoisotopic (exact) mass is 331 g/mol. The second-order valence-corrected chi connectivity index (χ2v) is 6.22. The molecule has 0 radical (unpaired) electrons. The molecule has 0 aromatic heterocycles. The molecule has 5 heteroatoms. The molecule has 3 nitrogen and oxygen atoms in total. The first kappa shape index (κ1) is 18.3. The number of aliphatic hydroxyl groups excluding tert-OH is 1. The van der Waals surface area contributed by atoms with Crippen LogP contribution < -0.4 is 5.32 Å². The van der Waals surface area contributed by atoms with Crippen molar-refractivity contribution in [2.45, 2.75) is 39.5 Å². The number of carbonyl (C=O) groups excluding carboxylic acids is 1. The number of aryl methyl sites for hydroxylation is 1. The number of amides is 1. The number of nitrogens with one attached hydrogen (secondary N) is 1. The highest BCUT2D eigenvalue weighted by Crippen LogP contribution is 2.25. The first-order valence-electron chi connectivity index (χ1n) is 7.28. The van der Waals surface area contributed by atoms with Gasteiger partial charge in [-0.05, 0) is 37.0 Å². The zero-order chi connectivity index (χ0) is 15.9. The van der Waals surface area contributed by atoms with Crippen LogP contribution in [0.25, 0.3) is 0 Å². The Morgan fingerprint density at radius 2 is 1.95 bits per heavy atom. The summed E-state index contributed by atoms with van der Waals surface area (Å²) >= 11 is 11.9. The van der Waals surface area contributed by atoms with E-state index in [0.29, 0.717) is 29.4 Å². The third-order valence-electron chi connectivity index (χ3n) is 4.13. The van der Waals surface area contributed by atoms with Crippen LogP contribution in [0.1, 0.15) is 38.7 Å². The third-order valence-corrected chi connectivity index (χ3v) is 4.72. The summed E-state index contributed by atoms with van der Waals surface area (Å²) < 4.78 is 0. The summed E-state index contributed by atoms with van der Waals surface area (Å²) in [6.07, 6.45) is 2.62. The number of hydrogen-bond donors (Lipinski definition) is 2. The minimum Gasteiger partial charge on any atom is -0.396 e. The normalized spacial score (nSPS) is 11.5. The second kappa shape index (κ2) is 8.62. The Kier molecular flexibility index (Phi) is 7.50. The van der Waals surface area contributed by atoms with Gasteiger partial charge in [-0.2, -0.15) is 0 Å². The molecule has 21 heavy (non-hydrogen) atoms. The van der Waals surface area contributed by atoms with E-state index in [1.165, 1.54) is 0 Å². The molecule has 0 aliphatic rings. The Morgan fingerprint density at radius 1 is 1.29 bits per heavy atom. The van der Waals surface area contributed by atoms with E-state index < -0.39 is 0 Å². The van der Waals surface area contributed by atoms with Crippen molar-refractivity contribution >= 4 is 29.1 Å². The molecule has 0 spiro atoms. The maximum Gasteiger partial charge on any atom is 0.220 e. The van der Waals surface area contributed by atoms with E-state index in [0.717, 1.165) is 18.4 Å². The zero-order valence-electron chi connectivity index (χ0n) is 12.6. The molecule has 0 unspecified atom stereocenters. The van der Waals surface area contributed by atoms with Gasteiger partial charge in [-0.1, -0.05) is 43.1 Å². The van der Waals surface area contributed by atoms with Gasteiger partial charge in [-0.25, -0.2) is 0 Å². The molecule has 1 rings (SSSR count). The maximum atomic E-state index is 11.9. The number of aliphatic hydroxyl groups is 1. The van der Waals surface area contributed by atoms with Crippen LogP contribution in [0.15, 0.2) is 18.2 Å². The molecule has 0 bridgehead atoms. The number of halogens is 2. The Balaban J connectivity index is 2.47.